The summed E-state index contributed by atoms with van der Waals surface area (Å²) in [5.41, 5.74) is 2.41. The molecule has 0 spiro atoms. The van der Waals surface area contributed by atoms with Gasteiger partial charge in [0.2, 0.25) is 0 Å². The molecular formula is C16H20FN3O. The van der Waals surface area contributed by atoms with Crippen molar-refractivity contribution in [1.29, 1.82) is 0 Å². The highest BCUT2D eigenvalue weighted by molar-refractivity contribution is 5.22. The van der Waals surface area contributed by atoms with Crippen LogP contribution in [0.5, 0.6) is 0 Å². The largest absolute Gasteiger partial charge is 0.383 e. The first-order chi connectivity index (χ1) is 10.2. The molecule has 21 heavy (non-hydrogen) atoms. The van der Waals surface area contributed by atoms with E-state index < -0.39 is 0 Å². The maximum absolute atomic E-state index is 13.7. The van der Waals surface area contributed by atoms with Gasteiger partial charge < -0.3 is 10.1 Å². The van der Waals surface area contributed by atoms with E-state index in [2.05, 4.69) is 15.3 Å². The molecule has 0 aliphatic rings. The molecular weight excluding hydrogens is 269 g/mol. The van der Waals surface area contributed by atoms with Crippen LogP contribution in [0.3, 0.4) is 0 Å². The maximum atomic E-state index is 13.7. The van der Waals surface area contributed by atoms with Gasteiger partial charge in [-0.15, -0.1) is 0 Å². The predicted octanol–water partition coefficient (Wildman–Crippen LogP) is 2.25. The van der Waals surface area contributed by atoms with E-state index in [9.17, 15) is 4.39 Å². The summed E-state index contributed by atoms with van der Waals surface area (Å²) in [6.45, 7) is 4.00. The lowest BCUT2D eigenvalue weighted by Crippen LogP contribution is -2.20. The minimum atomic E-state index is -0.220. The van der Waals surface area contributed by atoms with E-state index in [1.807, 2.05) is 19.1 Å². The molecule has 5 heteroatoms. The smallest absolute Gasteiger partial charge is 0.133 e. The molecule has 0 unspecified atom stereocenters. The van der Waals surface area contributed by atoms with E-state index in [-0.39, 0.29) is 5.82 Å². The fraction of sp³-hybridized carbons (Fsp3) is 0.375. The quantitative estimate of drug-likeness (QED) is 0.794. The van der Waals surface area contributed by atoms with Crippen molar-refractivity contribution < 1.29 is 9.13 Å². The van der Waals surface area contributed by atoms with E-state index in [1.54, 1.807) is 19.2 Å². The van der Waals surface area contributed by atoms with E-state index in [0.29, 0.717) is 31.0 Å². The Morgan fingerprint density at radius 1 is 1.24 bits per heavy atom. The Hall–Kier alpha value is -1.85. The Kier molecular flexibility index (Phi) is 5.78. The average molecular weight is 289 g/mol. The first-order valence-electron chi connectivity index (χ1n) is 6.95. The molecule has 0 aliphatic heterocycles. The molecule has 1 aromatic carbocycles. The maximum Gasteiger partial charge on any atom is 0.133 e. The predicted molar refractivity (Wildman–Crippen MR) is 79.6 cm³/mol. The van der Waals surface area contributed by atoms with Gasteiger partial charge in [-0.3, -0.25) is 0 Å². The van der Waals surface area contributed by atoms with Crippen LogP contribution in [0.15, 0.2) is 30.3 Å². The van der Waals surface area contributed by atoms with Crippen LogP contribution in [-0.4, -0.2) is 30.2 Å². The second kappa shape index (κ2) is 7.81. The fourth-order valence-electron chi connectivity index (χ4n) is 2.07. The highest BCUT2D eigenvalue weighted by Gasteiger charge is 2.07. The number of benzene rings is 1. The number of nitrogens with one attached hydrogen (secondary N) is 1. The topological polar surface area (TPSA) is 47.0 Å². The third kappa shape index (κ3) is 4.88. The number of hydrogen-bond acceptors (Lipinski definition) is 4. The van der Waals surface area contributed by atoms with E-state index in [0.717, 1.165) is 17.9 Å². The second-order valence-electron chi connectivity index (χ2n) is 4.85. The van der Waals surface area contributed by atoms with Crippen molar-refractivity contribution in [3.63, 3.8) is 0 Å². The number of methoxy groups -OCH3 is 1. The van der Waals surface area contributed by atoms with Gasteiger partial charge in [-0.1, -0.05) is 18.2 Å². The molecule has 0 fully saturated rings. The normalized spacial score (nSPS) is 10.8. The summed E-state index contributed by atoms with van der Waals surface area (Å²) in [6.07, 6.45) is 0.402. The molecule has 0 aliphatic carbocycles. The van der Waals surface area contributed by atoms with Gasteiger partial charge in [0.15, 0.2) is 0 Å². The van der Waals surface area contributed by atoms with Crippen LogP contribution in [-0.2, 0) is 17.7 Å². The molecule has 1 heterocycles. The molecule has 0 saturated carbocycles. The summed E-state index contributed by atoms with van der Waals surface area (Å²) < 4.78 is 18.7. The number of hydrogen-bond donors (Lipinski definition) is 1. The van der Waals surface area contributed by atoms with E-state index >= 15 is 0 Å². The summed E-state index contributed by atoms with van der Waals surface area (Å²) in [4.78, 5) is 8.87. The zero-order valence-electron chi connectivity index (χ0n) is 12.4. The first kappa shape index (κ1) is 15.5. The molecule has 0 bridgehead atoms. The highest BCUT2D eigenvalue weighted by Crippen LogP contribution is 2.11. The second-order valence-corrected chi connectivity index (χ2v) is 4.85. The van der Waals surface area contributed by atoms with Gasteiger partial charge in [0.05, 0.1) is 12.3 Å². The van der Waals surface area contributed by atoms with Gasteiger partial charge in [-0.2, -0.15) is 0 Å². The first-order valence-corrected chi connectivity index (χ1v) is 6.95. The van der Waals surface area contributed by atoms with Gasteiger partial charge >= 0.3 is 0 Å². The van der Waals surface area contributed by atoms with Crippen molar-refractivity contribution in [1.82, 2.24) is 15.3 Å². The van der Waals surface area contributed by atoms with Gasteiger partial charge in [0.1, 0.15) is 11.6 Å². The number of halogens is 1. The SMILES string of the molecule is COCCNCc1cc(C)nc(Cc2ccccc2F)n1. The Balaban J connectivity index is 2.06. The number of aryl methyl sites for hydroxylation is 1. The van der Waals surface area contributed by atoms with E-state index in [4.69, 9.17) is 4.74 Å². The lowest BCUT2D eigenvalue weighted by atomic mass is 10.1. The zero-order valence-corrected chi connectivity index (χ0v) is 12.4. The number of rotatable bonds is 7. The van der Waals surface area contributed by atoms with Gasteiger partial charge in [0, 0.05) is 32.3 Å². The van der Waals surface area contributed by atoms with Crippen molar-refractivity contribution in [3.05, 3.63) is 58.9 Å². The standard InChI is InChI=1S/C16H20FN3O/c1-12-9-14(11-18-7-8-21-2)20-16(19-12)10-13-5-3-4-6-15(13)17/h3-6,9,18H,7-8,10-11H2,1-2H3. The van der Waals surface area contributed by atoms with Crippen LogP contribution >= 0.6 is 0 Å². The third-order valence-corrected chi connectivity index (χ3v) is 3.05. The molecule has 4 nitrogen and oxygen atoms in total. The molecule has 0 saturated heterocycles. The fourth-order valence-corrected chi connectivity index (χ4v) is 2.07. The van der Waals surface area contributed by atoms with E-state index in [1.165, 1.54) is 6.07 Å². The van der Waals surface area contributed by atoms with Crippen molar-refractivity contribution in [3.8, 4) is 0 Å². The molecule has 112 valence electrons. The Morgan fingerprint density at radius 2 is 2.05 bits per heavy atom. The summed E-state index contributed by atoms with van der Waals surface area (Å²) in [5.74, 6) is 0.422. The van der Waals surface area contributed by atoms with Crippen molar-refractivity contribution in [2.75, 3.05) is 20.3 Å². The number of ether oxygens (including phenoxy) is 1. The summed E-state index contributed by atoms with van der Waals surface area (Å²) >= 11 is 0. The zero-order chi connectivity index (χ0) is 15.1. The number of aromatic nitrogens is 2. The molecule has 0 amide bonds. The van der Waals surface area contributed by atoms with Crippen LogP contribution in [0.1, 0.15) is 22.8 Å². The molecule has 2 rings (SSSR count). The Labute approximate surface area is 124 Å². The Bertz CT molecular complexity index is 589. The van der Waals surface area contributed by atoms with Crippen LogP contribution in [0.2, 0.25) is 0 Å². The van der Waals surface area contributed by atoms with Gasteiger partial charge in [-0.05, 0) is 24.6 Å². The Morgan fingerprint density at radius 3 is 2.81 bits per heavy atom. The number of nitrogens with zero attached hydrogens (tertiary/aromatic N) is 2. The highest BCUT2D eigenvalue weighted by atomic mass is 19.1. The minimum absolute atomic E-state index is 0.220. The average Bonchev–Trinajstić information content (AvgIpc) is 2.46. The molecule has 0 atom stereocenters. The van der Waals surface area contributed by atoms with Crippen LogP contribution in [0, 0.1) is 12.7 Å². The van der Waals surface area contributed by atoms with Gasteiger partial charge in [0.25, 0.3) is 0 Å². The lowest BCUT2D eigenvalue weighted by molar-refractivity contribution is 0.199. The monoisotopic (exact) mass is 289 g/mol. The molecule has 1 N–H and O–H groups in total. The molecule has 1 aromatic heterocycles. The van der Waals surface area contributed by atoms with Crippen LogP contribution < -0.4 is 5.32 Å². The summed E-state index contributed by atoms with van der Waals surface area (Å²) in [7, 11) is 1.67. The molecule has 2 aromatic rings. The van der Waals surface area contributed by atoms with Crippen molar-refractivity contribution in [2.45, 2.75) is 19.9 Å². The molecule has 0 radical (unpaired) electrons. The van der Waals surface area contributed by atoms with Crippen molar-refractivity contribution in [2.24, 2.45) is 0 Å². The van der Waals surface area contributed by atoms with Gasteiger partial charge in [-0.25, -0.2) is 14.4 Å². The van der Waals surface area contributed by atoms with Crippen LogP contribution in [0.4, 0.5) is 4.39 Å². The summed E-state index contributed by atoms with van der Waals surface area (Å²) in [5, 5.41) is 3.24. The van der Waals surface area contributed by atoms with Crippen LogP contribution in [0.25, 0.3) is 0 Å². The minimum Gasteiger partial charge on any atom is -0.383 e. The van der Waals surface area contributed by atoms with Crippen molar-refractivity contribution >= 4 is 0 Å². The lowest BCUT2D eigenvalue weighted by Gasteiger charge is -2.08. The summed E-state index contributed by atoms with van der Waals surface area (Å²) in [6, 6.07) is 8.66. The third-order valence-electron chi connectivity index (χ3n) is 3.05.